The molecule has 0 radical (unpaired) electrons. The maximum atomic E-state index is 13.1. The van der Waals surface area contributed by atoms with Gasteiger partial charge in [0.15, 0.2) is 9.84 Å². The van der Waals surface area contributed by atoms with E-state index in [0.717, 1.165) is 5.56 Å². The number of sulfone groups is 1. The fourth-order valence-corrected chi connectivity index (χ4v) is 5.49. The highest BCUT2D eigenvalue weighted by molar-refractivity contribution is 7.92. The van der Waals surface area contributed by atoms with E-state index in [0.29, 0.717) is 24.4 Å². The summed E-state index contributed by atoms with van der Waals surface area (Å²) >= 11 is 0. The van der Waals surface area contributed by atoms with Gasteiger partial charge < -0.3 is 10.4 Å². The number of aliphatic hydroxyl groups is 1. The van der Waals surface area contributed by atoms with Crippen LogP contribution >= 0.6 is 0 Å². The first-order valence-corrected chi connectivity index (χ1v) is 10.9. The van der Waals surface area contributed by atoms with Gasteiger partial charge in [-0.15, -0.1) is 0 Å². The van der Waals surface area contributed by atoms with Crippen LogP contribution in [0.1, 0.15) is 12.0 Å². The molecule has 2 aromatic carbocycles. The Morgan fingerprint density at radius 3 is 2.43 bits per heavy atom. The van der Waals surface area contributed by atoms with E-state index >= 15 is 0 Å². The predicted molar refractivity (Wildman–Crippen MR) is 107 cm³/mol. The minimum atomic E-state index is -3.48. The first kappa shape index (κ1) is 20.5. The molecule has 3 rings (SSSR count). The minimum absolute atomic E-state index is 0.147. The van der Waals surface area contributed by atoms with Gasteiger partial charge in [0.1, 0.15) is 0 Å². The van der Waals surface area contributed by atoms with Gasteiger partial charge in [-0.2, -0.15) is 5.26 Å². The van der Waals surface area contributed by atoms with E-state index in [1.807, 2.05) is 41.3 Å². The lowest BCUT2D eigenvalue weighted by Crippen LogP contribution is -2.43. The molecular weight excluding hydrogens is 374 g/mol. The molecule has 6 nitrogen and oxygen atoms in total. The minimum Gasteiger partial charge on any atom is -0.390 e. The fraction of sp³-hybridized carbons (Fsp3) is 0.381. The number of aliphatic hydroxyl groups excluding tert-OH is 1. The number of likely N-dealkylation sites (tertiary alicyclic amines) is 1. The summed E-state index contributed by atoms with van der Waals surface area (Å²) < 4.78 is 26.2. The molecule has 2 aromatic rings. The molecule has 28 heavy (non-hydrogen) atoms. The third-order valence-corrected chi connectivity index (χ3v) is 7.30. The van der Waals surface area contributed by atoms with Gasteiger partial charge in [-0.05, 0) is 24.1 Å². The van der Waals surface area contributed by atoms with Gasteiger partial charge in [-0.25, -0.2) is 8.42 Å². The maximum absolute atomic E-state index is 13.1. The van der Waals surface area contributed by atoms with Crippen molar-refractivity contribution < 1.29 is 13.5 Å². The lowest BCUT2D eigenvalue weighted by Gasteiger charge is -2.28. The van der Waals surface area contributed by atoms with Crippen molar-refractivity contribution in [1.29, 1.82) is 5.26 Å². The Kier molecular flexibility index (Phi) is 6.81. The molecule has 0 aromatic heterocycles. The van der Waals surface area contributed by atoms with Gasteiger partial charge in [0.25, 0.3) is 0 Å². The number of nitrogens with one attached hydrogen (secondary N) is 1. The van der Waals surface area contributed by atoms with Crippen LogP contribution in [0.5, 0.6) is 0 Å². The molecular formula is C21H25N3O3S. The van der Waals surface area contributed by atoms with E-state index < -0.39 is 21.2 Å². The van der Waals surface area contributed by atoms with Gasteiger partial charge in [0, 0.05) is 25.7 Å². The smallest absolute Gasteiger partial charge is 0.182 e. The third-order valence-electron chi connectivity index (χ3n) is 5.15. The largest absolute Gasteiger partial charge is 0.390 e. The maximum Gasteiger partial charge on any atom is 0.182 e. The number of nitriles is 1. The van der Waals surface area contributed by atoms with Gasteiger partial charge in [0.05, 0.1) is 28.9 Å². The zero-order chi connectivity index (χ0) is 20.0. The Balaban J connectivity index is 1.80. The molecule has 0 amide bonds. The zero-order valence-corrected chi connectivity index (χ0v) is 16.4. The number of hydrogen-bond donors (Lipinski definition) is 2. The second kappa shape index (κ2) is 9.30. The molecule has 1 heterocycles. The first-order chi connectivity index (χ1) is 13.5. The SMILES string of the molecule is N#CCNC[C@@H](O)C1C[C@@H](S(=O)(=O)c2ccccc2)CN1Cc1ccccc1. The Hall–Kier alpha value is -2.24. The molecule has 0 spiro atoms. The average molecular weight is 400 g/mol. The number of rotatable bonds is 8. The normalized spacial score (nSPS) is 21.3. The molecule has 1 aliphatic rings. The van der Waals surface area contributed by atoms with Crippen LogP contribution in [0.15, 0.2) is 65.6 Å². The summed E-state index contributed by atoms with van der Waals surface area (Å²) in [6.07, 6.45) is -0.396. The van der Waals surface area contributed by atoms with Crippen LogP contribution in [0.25, 0.3) is 0 Å². The molecule has 1 saturated heterocycles. The summed E-state index contributed by atoms with van der Waals surface area (Å²) in [6.45, 7) is 1.34. The molecule has 3 atom stereocenters. The van der Waals surface area contributed by atoms with Crippen LogP contribution in [0.3, 0.4) is 0 Å². The Bertz CT molecular complexity index is 897. The lowest BCUT2D eigenvalue weighted by atomic mass is 10.1. The fourth-order valence-electron chi connectivity index (χ4n) is 3.73. The number of benzene rings is 2. The zero-order valence-electron chi connectivity index (χ0n) is 15.6. The predicted octanol–water partition coefficient (Wildman–Crippen LogP) is 1.58. The van der Waals surface area contributed by atoms with Crippen molar-refractivity contribution in [1.82, 2.24) is 10.2 Å². The summed E-state index contributed by atoms with van der Waals surface area (Å²) in [5.74, 6) is 0. The van der Waals surface area contributed by atoms with Crippen LogP contribution < -0.4 is 5.32 Å². The van der Waals surface area contributed by atoms with Crippen molar-refractivity contribution in [2.75, 3.05) is 19.6 Å². The number of hydrogen-bond acceptors (Lipinski definition) is 6. The Labute approximate surface area is 166 Å². The van der Waals surface area contributed by atoms with Crippen molar-refractivity contribution in [3.63, 3.8) is 0 Å². The molecule has 148 valence electrons. The summed E-state index contributed by atoms with van der Waals surface area (Å²) in [5, 5.41) is 21.7. The average Bonchev–Trinajstić information content (AvgIpc) is 3.14. The molecule has 7 heteroatoms. The van der Waals surface area contributed by atoms with E-state index in [1.54, 1.807) is 30.3 Å². The highest BCUT2D eigenvalue weighted by atomic mass is 32.2. The van der Waals surface area contributed by atoms with E-state index in [9.17, 15) is 13.5 Å². The van der Waals surface area contributed by atoms with Crippen molar-refractivity contribution in [2.24, 2.45) is 0 Å². The van der Waals surface area contributed by atoms with E-state index in [4.69, 9.17) is 5.26 Å². The van der Waals surface area contributed by atoms with Gasteiger partial charge in [0.2, 0.25) is 0 Å². The highest BCUT2D eigenvalue weighted by Gasteiger charge is 2.42. The quantitative estimate of drug-likeness (QED) is 0.517. The topological polar surface area (TPSA) is 93.4 Å². The van der Waals surface area contributed by atoms with Gasteiger partial charge in [-0.3, -0.25) is 4.90 Å². The second-order valence-electron chi connectivity index (χ2n) is 7.05. The second-order valence-corrected chi connectivity index (χ2v) is 9.28. The van der Waals surface area contributed by atoms with Crippen LogP contribution in [0.2, 0.25) is 0 Å². The molecule has 1 aliphatic heterocycles. The Morgan fingerprint density at radius 1 is 1.14 bits per heavy atom. The van der Waals surface area contributed by atoms with Crippen LogP contribution in [-0.2, 0) is 16.4 Å². The van der Waals surface area contributed by atoms with E-state index in [2.05, 4.69) is 5.32 Å². The van der Waals surface area contributed by atoms with E-state index in [1.165, 1.54) is 0 Å². The van der Waals surface area contributed by atoms with Gasteiger partial charge in [-0.1, -0.05) is 48.5 Å². The standard InChI is InChI=1S/C21H25N3O3S/c22-11-12-23-14-21(25)20-13-19(28(26,27)18-9-5-2-6-10-18)16-24(20)15-17-7-3-1-4-8-17/h1-10,19-21,23,25H,12-16H2/t19-,20?,21-/m1/s1. The summed E-state index contributed by atoms with van der Waals surface area (Å²) in [4.78, 5) is 2.36. The summed E-state index contributed by atoms with van der Waals surface area (Å²) in [6, 6.07) is 20.0. The van der Waals surface area contributed by atoms with Crippen molar-refractivity contribution in [2.45, 2.75) is 35.3 Å². The molecule has 0 saturated carbocycles. The third kappa shape index (κ3) is 4.78. The molecule has 1 unspecified atom stereocenters. The summed E-state index contributed by atoms with van der Waals surface area (Å²) in [5.41, 5.74) is 1.07. The first-order valence-electron chi connectivity index (χ1n) is 9.35. The van der Waals surface area contributed by atoms with E-state index in [-0.39, 0.29) is 19.1 Å². The van der Waals surface area contributed by atoms with Crippen LogP contribution in [0.4, 0.5) is 0 Å². The van der Waals surface area contributed by atoms with Crippen LogP contribution in [-0.4, -0.2) is 55.5 Å². The summed E-state index contributed by atoms with van der Waals surface area (Å²) in [7, 11) is -3.48. The molecule has 0 aliphatic carbocycles. The number of nitrogens with zero attached hydrogens (tertiary/aromatic N) is 2. The molecule has 0 bridgehead atoms. The van der Waals surface area contributed by atoms with Crippen molar-refractivity contribution in [3.8, 4) is 6.07 Å². The lowest BCUT2D eigenvalue weighted by molar-refractivity contribution is 0.0697. The Morgan fingerprint density at radius 2 is 1.79 bits per heavy atom. The molecule has 2 N–H and O–H groups in total. The monoisotopic (exact) mass is 399 g/mol. The molecule has 1 fully saturated rings. The highest BCUT2D eigenvalue weighted by Crippen LogP contribution is 2.30. The van der Waals surface area contributed by atoms with Crippen molar-refractivity contribution in [3.05, 3.63) is 66.2 Å². The van der Waals surface area contributed by atoms with Crippen molar-refractivity contribution >= 4 is 9.84 Å². The van der Waals surface area contributed by atoms with Gasteiger partial charge >= 0.3 is 0 Å². The van der Waals surface area contributed by atoms with Crippen LogP contribution in [0, 0.1) is 11.3 Å².